The van der Waals surface area contributed by atoms with E-state index in [1.54, 1.807) is 4.90 Å². The maximum absolute atomic E-state index is 13.3. The zero-order chi connectivity index (χ0) is 18.7. The first kappa shape index (κ1) is 18.0. The van der Waals surface area contributed by atoms with E-state index in [-0.39, 0.29) is 18.2 Å². The van der Waals surface area contributed by atoms with Crippen LogP contribution in [-0.4, -0.2) is 24.4 Å². The van der Waals surface area contributed by atoms with Gasteiger partial charge in [-0.1, -0.05) is 23.8 Å². The fraction of sp³-hybridized carbons (Fsp3) is 0.300. The van der Waals surface area contributed by atoms with E-state index >= 15 is 0 Å². The molecule has 136 valence electrons. The first-order chi connectivity index (χ1) is 12.4. The molecule has 2 aromatic carbocycles. The summed E-state index contributed by atoms with van der Waals surface area (Å²) in [5, 5.41) is 2.72. The van der Waals surface area contributed by atoms with E-state index in [1.165, 1.54) is 6.07 Å². The van der Waals surface area contributed by atoms with Crippen LogP contribution in [0.5, 0.6) is 0 Å². The third-order valence-electron chi connectivity index (χ3n) is 4.47. The number of aryl methyl sites for hydroxylation is 1. The van der Waals surface area contributed by atoms with Gasteiger partial charge in [-0.3, -0.25) is 9.59 Å². The summed E-state index contributed by atoms with van der Waals surface area (Å²) < 4.78 is 26.2. The lowest BCUT2D eigenvalue weighted by atomic mass is 10.0. The van der Waals surface area contributed by atoms with Gasteiger partial charge in [0, 0.05) is 12.2 Å². The van der Waals surface area contributed by atoms with Crippen LogP contribution in [-0.2, 0) is 16.0 Å². The summed E-state index contributed by atoms with van der Waals surface area (Å²) in [6.45, 7) is 2.58. The standard InChI is InChI=1S/C20H20F2N2O2/c1-13-4-7-15(8-5-13)24-10-2-3-18(20(24)26)23-19(25)12-14-6-9-16(21)17(22)11-14/h4-9,11,18H,2-3,10,12H2,1H3,(H,23,25). The van der Waals surface area contributed by atoms with Crippen molar-refractivity contribution >= 4 is 17.5 Å². The Morgan fingerprint density at radius 2 is 1.88 bits per heavy atom. The second-order valence-electron chi connectivity index (χ2n) is 6.51. The summed E-state index contributed by atoms with van der Waals surface area (Å²) in [6, 6.07) is 10.4. The zero-order valence-corrected chi connectivity index (χ0v) is 14.5. The minimum Gasteiger partial charge on any atom is -0.344 e. The summed E-state index contributed by atoms with van der Waals surface area (Å²) in [4.78, 5) is 26.6. The summed E-state index contributed by atoms with van der Waals surface area (Å²) in [5.74, 6) is -2.49. The predicted octanol–water partition coefficient (Wildman–Crippen LogP) is 3.13. The number of amides is 2. The number of hydrogen-bond acceptors (Lipinski definition) is 2. The fourth-order valence-corrected chi connectivity index (χ4v) is 3.07. The van der Waals surface area contributed by atoms with E-state index in [4.69, 9.17) is 0 Å². The van der Waals surface area contributed by atoms with Gasteiger partial charge in [0.1, 0.15) is 6.04 Å². The molecule has 1 fully saturated rings. The summed E-state index contributed by atoms with van der Waals surface area (Å²) in [7, 11) is 0. The summed E-state index contributed by atoms with van der Waals surface area (Å²) >= 11 is 0. The van der Waals surface area contributed by atoms with Gasteiger partial charge >= 0.3 is 0 Å². The Morgan fingerprint density at radius 3 is 2.58 bits per heavy atom. The number of carbonyl (C=O) groups is 2. The van der Waals surface area contributed by atoms with Crippen molar-refractivity contribution in [1.29, 1.82) is 0 Å². The molecule has 0 spiro atoms. The Bertz CT molecular complexity index is 821. The lowest BCUT2D eigenvalue weighted by molar-refractivity contribution is -0.128. The van der Waals surface area contributed by atoms with Crippen LogP contribution in [0.15, 0.2) is 42.5 Å². The molecule has 0 bridgehead atoms. The first-order valence-corrected chi connectivity index (χ1v) is 8.55. The van der Waals surface area contributed by atoms with Gasteiger partial charge in [0.2, 0.25) is 11.8 Å². The van der Waals surface area contributed by atoms with Crippen LogP contribution in [0.4, 0.5) is 14.5 Å². The topological polar surface area (TPSA) is 49.4 Å². The van der Waals surface area contributed by atoms with Gasteiger partial charge in [-0.05, 0) is 49.6 Å². The van der Waals surface area contributed by atoms with Gasteiger partial charge in [-0.15, -0.1) is 0 Å². The van der Waals surface area contributed by atoms with Crippen LogP contribution in [0.3, 0.4) is 0 Å². The molecule has 0 radical (unpaired) electrons. The maximum atomic E-state index is 13.3. The van der Waals surface area contributed by atoms with E-state index in [9.17, 15) is 18.4 Å². The van der Waals surface area contributed by atoms with Crippen LogP contribution < -0.4 is 10.2 Å². The molecule has 0 aliphatic carbocycles. The normalized spacial score (nSPS) is 17.3. The van der Waals surface area contributed by atoms with Gasteiger partial charge in [0.15, 0.2) is 11.6 Å². The molecule has 4 nitrogen and oxygen atoms in total. The minimum atomic E-state index is -0.991. The predicted molar refractivity (Wildman–Crippen MR) is 94.8 cm³/mol. The molecule has 3 rings (SSSR count). The van der Waals surface area contributed by atoms with Crippen LogP contribution in [0.25, 0.3) is 0 Å². The quantitative estimate of drug-likeness (QED) is 0.913. The van der Waals surface area contributed by atoms with Crippen LogP contribution in [0.2, 0.25) is 0 Å². The molecule has 1 atom stereocenters. The smallest absolute Gasteiger partial charge is 0.249 e. The zero-order valence-electron chi connectivity index (χ0n) is 14.5. The molecule has 0 aromatic heterocycles. The number of rotatable bonds is 4. The Morgan fingerprint density at radius 1 is 1.15 bits per heavy atom. The van der Waals surface area contributed by atoms with E-state index in [0.29, 0.717) is 18.5 Å². The van der Waals surface area contributed by atoms with Crippen molar-refractivity contribution < 1.29 is 18.4 Å². The van der Waals surface area contributed by atoms with Crippen molar-refractivity contribution in [3.8, 4) is 0 Å². The molecular formula is C20H20F2N2O2. The monoisotopic (exact) mass is 358 g/mol. The van der Waals surface area contributed by atoms with Crippen molar-refractivity contribution in [2.75, 3.05) is 11.4 Å². The number of benzene rings is 2. The largest absolute Gasteiger partial charge is 0.344 e. The molecule has 26 heavy (non-hydrogen) atoms. The van der Waals surface area contributed by atoms with Crippen molar-refractivity contribution in [2.45, 2.75) is 32.2 Å². The average Bonchev–Trinajstić information content (AvgIpc) is 2.61. The number of carbonyl (C=O) groups excluding carboxylic acids is 2. The van der Waals surface area contributed by atoms with Gasteiger partial charge in [-0.25, -0.2) is 8.78 Å². The molecule has 1 saturated heterocycles. The second kappa shape index (κ2) is 7.64. The van der Waals surface area contributed by atoms with Gasteiger partial charge in [-0.2, -0.15) is 0 Å². The Hall–Kier alpha value is -2.76. The minimum absolute atomic E-state index is 0.106. The molecule has 1 N–H and O–H groups in total. The number of anilines is 1. The highest BCUT2D eigenvalue weighted by Gasteiger charge is 2.30. The number of nitrogens with one attached hydrogen (secondary N) is 1. The molecule has 0 saturated carbocycles. The van der Waals surface area contributed by atoms with Gasteiger partial charge in [0.05, 0.1) is 6.42 Å². The fourth-order valence-electron chi connectivity index (χ4n) is 3.07. The first-order valence-electron chi connectivity index (χ1n) is 8.55. The molecule has 1 unspecified atom stereocenters. The molecule has 2 aromatic rings. The van der Waals surface area contributed by atoms with Gasteiger partial charge < -0.3 is 10.2 Å². The third kappa shape index (κ3) is 4.07. The van der Waals surface area contributed by atoms with Crippen LogP contribution >= 0.6 is 0 Å². The van der Waals surface area contributed by atoms with Crippen LogP contribution in [0.1, 0.15) is 24.0 Å². The van der Waals surface area contributed by atoms with Crippen molar-refractivity contribution in [3.63, 3.8) is 0 Å². The molecule has 1 heterocycles. The lowest BCUT2D eigenvalue weighted by Gasteiger charge is -2.32. The molecule has 1 aliphatic rings. The molecule has 2 amide bonds. The second-order valence-corrected chi connectivity index (χ2v) is 6.51. The lowest BCUT2D eigenvalue weighted by Crippen LogP contribution is -2.52. The highest BCUT2D eigenvalue weighted by atomic mass is 19.2. The van der Waals surface area contributed by atoms with Crippen molar-refractivity contribution in [1.82, 2.24) is 5.32 Å². The molecule has 6 heteroatoms. The number of piperidine rings is 1. The Balaban J connectivity index is 1.65. The van der Waals surface area contributed by atoms with Crippen LogP contribution in [0, 0.1) is 18.6 Å². The van der Waals surface area contributed by atoms with Crippen molar-refractivity contribution in [2.24, 2.45) is 0 Å². The number of halogens is 2. The van der Waals surface area contributed by atoms with Crippen molar-refractivity contribution in [3.05, 3.63) is 65.2 Å². The third-order valence-corrected chi connectivity index (χ3v) is 4.47. The van der Waals surface area contributed by atoms with E-state index in [1.807, 2.05) is 31.2 Å². The van der Waals surface area contributed by atoms with E-state index in [0.717, 1.165) is 29.8 Å². The highest BCUT2D eigenvalue weighted by Crippen LogP contribution is 2.21. The SMILES string of the molecule is Cc1ccc(N2CCCC(NC(=O)Cc3ccc(F)c(F)c3)C2=O)cc1. The Labute approximate surface area is 150 Å². The van der Waals surface area contributed by atoms with E-state index < -0.39 is 17.7 Å². The van der Waals surface area contributed by atoms with Gasteiger partial charge in [0.25, 0.3) is 0 Å². The average molecular weight is 358 g/mol. The molecular weight excluding hydrogens is 338 g/mol. The number of hydrogen-bond donors (Lipinski definition) is 1. The summed E-state index contributed by atoms with van der Waals surface area (Å²) in [5.41, 5.74) is 2.27. The number of nitrogens with zero attached hydrogens (tertiary/aromatic N) is 1. The maximum Gasteiger partial charge on any atom is 0.249 e. The molecule has 1 aliphatic heterocycles. The summed E-state index contributed by atoms with van der Waals surface area (Å²) in [6.07, 6.45) is 1.23. The highest BCUT2D eigenvalue weighted by molar-refractivity contribution is 6.00. The van der Waals surface area contributed by atoms with E-state index in [2.05, 4.69) is 5.32 Å². The Kier molecular flexibility index (Phi) is 5.30.